The van der Waals surface area contributed by atoms with Gasteiger partial charge in [0.25, 0.3) is 0 Å². The molecule has 0 aromatic heterocycles. The molecule has 2 N–H and O–H groups in total. The summed E-state index contributed by atoms with van der Waals surface area (Å²) in [5.74, 6) is -1.67. The molecule has 1 spiro atoms. The maximum Gasteiger partial charge on any atom is 0.302 e. The Bertz CT molecular complexity index is 687. The molecule has 2 heterocycles. The number of hydrogen-bond donors (Lipinski definition) is 2. The van der Waals surface area contributed by atoms with E-state index in [1.807, 2.05) is 20.8 Å². The fourth-order valence-electron chi connectivity index (χ4n) is 5.62. The van der Waals surface area contributed by atoms with E-state index < -0.39 is 34.3 Å². The first kappa shape index (κ1) is 21.5. The average molecular weight is 395 g/mol. The van der Waals surface area contributed by atoms with Gasteiger partial charge in [0.15, 0.2) is 5.79 Å². The molecular formula is C22H34O6. The highest BCUT2D eigenvalue weighted by molar-refractivity contribution is 5.80. The van der Waals surface area contributed by atoms with Gasteiger partial charge in [-0.05, 0) is 37.7 Å². The van der Waals surface area contributed by atoms with E-state index in [0.717, 1.165) is 5.57 Å². The summed E-state index contributed by atoms with van der Waals surface area (Å²) in [5, 5.41) is 22.5. The van der Waals surface area contributed by atoms with Crippen molar-refractivity contribution in [1.29, 1.82) is 0 Å². The van der Waals surface area contributed by atoms with Gasteiger partial charge in [0, 0.05) is 31.1 Å². The predicted octanol–water partition coefficient (Wildman–Crippen LogP) is 2.90. The van der Waals surface area contributed by atoms with Crippen LogP contribution in [0.4, 0.5) is 0 Å². The number of esters is 1. The highest BCUT2D eigenvalue weighted by Crippen LogP contribution is 2.69. The number of ketones is 1. The Balaban J connectivity index is 1.97. The van der Waals surface area contributed by atoms with Crippen LogP contribution in [0.2, 0.25) is 0 Å². The SMILES string of the molecule is C=C1CC[C@@H](O)[C@@]2(COC(C)=O)CC[C@@]3(O)O[C@@]12C[C@@]3(C)CCC(=O)C(C)C. The first-order chi connectivity index (χ1) is 12.9. The number of carbonyl (C=O) groups is 2. The molecule has 158 valence electrons. The van der Waals surface area contributed by atoms with Crippen molar-refractivity contribution >= 4 is 11.8 Å². The minimum absolute atomic E-state index is 0.0413. The van der Waals surface area contributed by atoms with Crippen LogP contribution in [0.5, 0.6) is 0 Å². The summed E-state index contributed by atoms with van der Waals surface area (Å²) in [5.41, 5.74) is -1.58. The summed E-state index contributed by atoms with van der Waals surface area (Å²) in [4.78, 5) is 23.8. The van der Waals surface area contributed by atoms with Crippen LogP contribution in [0.3, 0.4) is 0 Å². The van der Waals surface area contributed by atoms with Gasteiger partial charge in [-0.3, -0.25) is 9.59 Å². The molecule has 6 heteroatoms. The van der Waals surface area contributed by atoms with Crippen LogP contribution < -0.4 is 0 Å². The molecule has 0 radical (unpaired) electrons. The monoisotopic (exact) mass is 394 g/mol. The third-order valence-corrected chi connectivity index (χ3v) is 7.67. The summed E-state index contributed by atoms with van der Waals surface area (Å²) < 4.78 is 11.8. The van der Waals surface area contributed by atoms with Crippen molar-refractivity contribution in [3.8, 4) is 0 Å². The molecule has 5 atom stereocenters. The van der Waals surface area contributed by atoms with Crippen LogP contribution in [0, 0.1) is 16.7 Å². The van der Waals surface area contributed by atoms with Crippen molar-refractivity contribution in [2.75, 3.05) is 6.61 Å². The first-order valence-electron chi connectivity index (χ1n) is 10.4. The van der Waals surface area contributed by atoms with Crippen molar-refractivity contribution in [2.45, 2.75) is 90.1 Å². The largest absolute Gasteiger partial charge is 0.465 e. The van der Waals surface area contributed by atoms with Gasteiger partial charge in [-0.2, -0.15) is 0 Å². The maximum absolute atomic E-state index is 12.2. The van der Waals surface area contributed by atoms with Gasteiger partial charge in [-0.15, -0.1) is 0 Å². The molecule has 0 amide bonds. The molecule has 6 nitrogen and oxygen atoms in total. The predicted molar refractivity (Wildman–Crippen MR) is 103 cm³/mol. The zero-order valence-corrected chi connectivity index (χ0v) is 17.5. The van der Waals surface area contributed by atoms with E-state index in [-0.39, 0.29) is 18.3 Å². The number of hydrogen-bond acceptors (Lipinski definition) is 6. The van der Waals surface area contributed by atoms with Crippen LogP contribution >= 0.6 is 0 Å². The fourth-order valence-corrected chi connectivity index (χ4v) is 5.62. The molecule has 2 aliphatic heterocycles. The smallest absolute Gasteiger partial charge is 0.302 e. The van der Waals surface area contributed by atoms with Crippen LogP contribution in [0.25, 0.3) is 0 Å². The Morgan fingerprint density at radius 2 is 2.04 bits per heavy atom. The quantitative estimate of drug-likeness (QED) is 0.531. The van der Waals surface area contributed by atoms with Crippen molar-refractivity contribution in [2.24, 2.45) is 16.7 Å². The van der Waals surface area contributed by atoms with E-state index in [4.69, 9.17) is 9.47 Å². The standard InChI is InChI=1S/C22H34O6/c1-14(2)17(24)8-9-19(5)12-21-15(3)6-7-18(25)20(21,13-27-16(4)23)10-11-22(19,26)28-21/h14,18,25-26H,3,6-13H2,1-2,4-5H3/t18-,19-,20+,21+,22-/m1/s1. The first-order valence-corrected chi connectivity index (χ1v) is 10.4. The maximum atomic E-state index is 12.2. The number of aliphatic hydroxyl groups excluding tert-OH is 1. The van der Waals surface area contributed by atoms with E-state index in [0.29, 0.717) is 44.9 Å². The lowest BCUT2D eigenvalue weighted by atomic mass is 9.56. The van der Waals surface area contributed by atoms with Crippen molar-refractivity contribution in [1.82, 2.24) is 0 Å². The number of ether oxygens (including phenoxy) is 2. The van der Waals surface area contributed by atoms with E-state index >= 15 is 0 Å². The fraction of sp³-hybridized carbons (Fsp3) is 0.818. The molecule has 3 fully saturated rings. The zero-order valence-electron chi connectivity index (χ0n) is 17.5. The topological polar surface area (TPSA) is 93.1 Å². The van der Waals surface area contributed by atoms with Gasteiger partial charge in [0.05, 0.1) is 11.5 Å². The molecule has 1 saturated carbocycles. The average Bonchev–Trinajstić information content (AvgIpc) is 2.81. The van der Waals surface area contributed by atoms with E-state index in [9.17, 15) is 19.8 Å². The van der Waals surface area contributed by atoms with Gasteiger partial charge in [-0.1, -0.05) is 27.4 Å². The molecule has 2 saturated heterocycles. The lowest BCUT2D eigenvalue weighted by molar-refractivity contribution is -0.322. The number of Topliss-reactive ketones (excluding diaryl/α,β-unsaturated/α-hetero) is 1. The molecule has 0 aromatic rings. The van der Waals surface area contributed by atoms with E-state index in [1.165, 1.54) is 6.92 Å². The second-order valence-corrected chi connectivity index (χ2v) is 9.67. The van der Waals surface area contributed by atoms with Crippen LogP contribution in [-0.2, 0) is 19.1 Å². The summed E-state index contributed by atoms with van der Waals surface area (Å²) >= 11 is 0. The highest BCUT2D eigenvalue weighted by Gasteiger charge is 2.75. The van der Waals surface area contributed by atoms with Crippen LogP contribution in [-0.4, -0.2) is 46.1 Å². The minimum atomic E-state index is -1.38. The second-order valence-electron chi connectivity index (χ2n) is 9.67. The Morgan fingerprint density at radius 1 is 1.36 bits per heavy atom. The van der Waals surface area contributed by atoms with E-state index in [1.54, 1.807) is 0 Å². The van der Waals surface area contributed by atoms with Crippen molar-refractivity contribution in [3.05, 3.63) is 12.2 Å². The number of carbonyl (C=O) groups excluding carboxylic acids is 2. The molecule has 3 rings (SSSR count). The van der Waals surface area contributed by atoms with Gasteiger partial charge >= 0.3 is 5.97 Å². The van der Waals surface area contributed by atoms with Gasteiger partial charge in [-0.25, -0.2) is 0 Å². The molecule has 3 aliphatic rings. The minimum Gasteiger partial charge on any atom is -0.465 e. The van der Waals surface area contributed by atoms with E-state index in [2.05, 4.69) is 6.58 Å². The molecule has 0 aromatic carbocycles. The Kier molecular flexibility index (Phi) is 5.31. The Hall–Kier alpha value is -1.24. The lowest BCUT2D eigenvalue weighted by Gasteiger charge is -2.57. The van der Waals surface area contributed by atoms with Crippen LogP contribution in [0.1, 0.15) is 72.6 Å². The second kappa shape index (κ2) is 6.92. The number of fused-ring (bicyclic) bond motifs is 1. The van der Waals surface area contributed by atoms with Crippen molar-refractivity contribution in [3.63, 3.8) is 0 Å². The lowest BCUT2D eigenvalue weighted by Crippen LogP contribution is -2.64. The molecule has 2 bridgehead atoms. The van der Waals surface area contributed by atoms with Crippen molar-refractivity contribution < 1.29 is 29.3 Å². The summed E-state index contributed by atoms with van der Waals surface area (Å²) in [7, 11) is 0. The summed E-state index contributed by atoms with van der Waals surface area (Å²) in [6, 6.07) is 0. The van der Waals surface area contributed by atoms with Gasteiger partial charge in [0.2, 0.25) is 0 Å². The van der Waals surface area contributed by atoms with Gasteiger partial charge < -0.3 is 19.7 Å². The highest BCUT2D eigenvalue weighted by atomic mass is 16.7. The molecule has 0 unspecified atom stereocenters. The molecular weight excluding hydrogens is 360 g/mol. The number of aliphatic hydroxyl groups is 2. The number of rotatable bonds is 6. The normalized spacial score (nSPS) is 42.4. The third kappa shape index (κ3) is 2.96. The molecule has 28 heavy (non-hydrogen) atoms. The van der Waals surface area contributed by atoms with Gasteiger partial charge in [0.1, 0.15) is 18.0 Å². The Morgan fingerprint density at radius 3 is 2.64 bits per heavy atom. The third-order valence-electron chi connectivity index (χ3n) is 7.67. The zero-order chi connectivity index (χ0) is 21.0. The summed E-state index contributed by atoms with van der Waals surface area (Å²) in [6.07, 6.45) is 2.57. The summed E-state index contributed by atoms with van der Waals surface area (Å²) in [6.45, 7) is 11.4. The Labute approximate surface area is 167 Å². The van der Waals surface area contributed by atoms with Crippen LogP contribution in [0.15, 0.2) is 12.2 Å². The molecule has 1 aliphatic carbocycles.